The van der Waals surface area contributed by atoms with Crippen molar-refractivity contribution in [2.75, 3.05) is 19.6 Å². The quantitative estimate of drug-likeness (QED) is 0.806. The largest absolute Gasteiger partial charge is 0.508 e. The average Bonchev–Trinajstić information content (AvgIpc) is 3.37. The Balaban J connectivity index is 1.42. The molecule has 2 saturated heterocycles. The van der Waals surface area contributed by atoms with Crippen molar-refractivity contribution in [3.63, 3.8) is 0 Å². The molecule has 0 aromatic heterocycles. The van der Waals surface area contributed by atoms with Crippen molar-refractivity contribution in [3.05, 3.63) is 29.3 Å². The van der Waals surface area contributed by atoms with Crippen LogP contribution in [0.3, 0.4) is 0 Å². The van der Waals surface area contributed by atoms with Gasteiger partial charge in [-0.2, -0.15) is 0 Å². The standard InChI is InChI=1S/C24H30N2O3/c27-17-4-3-15-9-20-23-6-5-19-21(16(11-23)13-26(19)22(28)29)24(23,18(15)10-17)7-8-25(20)12-14-1-2-14/h3-4,10,14,16,19-21,27H,1-2,5-9,11-13H2,(H,28,29)/t16-,19?,20-,21?,23-,24+/m1/s1. The first-order valence-corrected chi connectivity index (χ1v) is 11.6. The van der Waals surface area contributed by atoms with E-state index in [4.69, 9.17) is 0 Å². The lowest BCUT2D eigenvalue weighted by atomic mass is 9.43. The fourth-order valence-corrected chi connectivity index (χ4v) is 9.16. The van der Waals surface area contributed by atoms with Crippen LogP contribution in [0, 0.1) is 23.2 Å². The van der Waals surface area contributed by atoms with Crippen molar-refractivity contribution in [2.45, 2.75) is 62.4 Å². The number of rotatable bonds is 2. The highest BCUT2D eigenvalue weighted by atomic mass is 16.4. The van der Waals surface area contributed by atoms with Crippen molar-refractivity contribution < 1.29 is 15.0 Å². The van der Waals surface area contributed by atoms with E-state index >= 15 is 0 Å². The second-order valence-corrected chi connectivity index (χ2v) is 10.9. The zero-order valence-corrected chi connectivity index (χ0v) is 16.9. The second kappa shape index (κ2) is 5.29. The van der Waals surface area contributed by atoms with E-state index in [2.05, 4.69) is 17.0 Å². The number of hydrogen-bond donors (Lipinski definition) is 2. The van der Waals surface area contributed by atoms with Crippen LogP contribution >= 0.6 is 0 Å². The van der Waals surface area contributed by atoms with Crippen LogP contribution in [0.4, 0.5) is 4.79 Å². The Kier molecular flexibility index (Phi) is 3.10. The molecular formula is C24H30N2O3. The fraction of sp³-hybridized carbons (Fsp3) is 0.708. The second-order valence-electron chi connectivity index (χ2n) is 10.9. The number of phenols is 1. The molecule has 5 heteroatoms. The zero-order chi connectivity index (χ0) is 19.5. The summed E-state index contributed by atoms with van der Waals surface area (Å²) in [5, 5.41) is 20.3. The van der Waals surface area contributed by atoms with Crippen LogP contribution in [0.5, 0.6) is 5.75 Å². The maximum Gasteiger partial charge on any atom is 0.407 e. The lowest BCUT2D eigenvalue weighted by Crippen LogP contribution is -2.69. The molecule has 0 radical (unpaired) electrons. The fourth-order valence-electron chi connectivity index (χ4n) is 9.16. The number of carboxylic acid groups (broad SMARTS) is 1. The van der Waals surface area contributed by atoms with E-state index in [1.54, 1.807) is 4.90 Å². The van der Waals surface area contributed by atoms with Gasteiger partial charge in [-0.3, -0.25) is 4.90 Å². The van der Waals surface area contributed by atoms with Gasteiger partial charge in [0.05, 0.1) is 0 Å². The molecule has 6 aliphatic rings. The predicted octanol–water partition coefficient (Wildman–Crippen LogP) is 3.45. The topological polar surface area (TPSA) is 64.0 Å². The third kappa shape index (κ3) is 1.90. The van der Waals surface area contributed by atoms with Gasteiger partial charge in [0.25, 0.3) is 0 Å². The summed E-state index contributed by atoms with van der Waals surface area (Å²) < 4.78 is 0. The van der Waals surface area contributed by atoms with Gasteiger partial charge in [0.15, 0.2) is 0 Å². The lowest BCUT2D eigenvalue weighted by molar-refractivity contribution is -0.102. The Hall–Kier alpha value is -1.75. The smallest absolute Gasteiger partial charge is 0.407 e. The van der Waals surface area contributed by atoms with Crippen LogP contribution in [-0.4, -0.2) is 57.8 Å². The van der Waals surface area contributed by atoms with Gasteiger partial charge in [-0.1, -0.05) is 6.07 Å². The molecule has 2 unspecified atom stereocenters. The SMILES string of the molecule is O=C(O)N1C[C@H]2C[C@@]34CCC1C2[C@@]31CCN(CC2CC2)[C@@H]4Cc2ccc(O)cc21. The molecule has 1 aromatic rings. The van der Waals surface area contributed by atoms with Crippen molar-refractivity contribution in [1.82, 2.24) is 9.80 Å². The highest BCUT2D eigenvalue weighted by Gasteiger charge is 2.76. The third-order valence-corrected chi connectivity index (χ3v) is 10.0. The minimum atomic E-state index is -0.733. The van der Waals surface area contributed by atoms with Crippen LogP contribution < -0.4 is 0 Å². The molecule has 2 aliphatic heterocycles. The Labute approximate surface area is 171 Å². The summed E-state index contributed by atoms with van der Waals surface area (Å²) in [5.74, 6) is 2.19. The molecule has 5 nitrogen and oxygen atoms in total. The molecule has 1 aromatic carbocycles. The molecule has 1 amide bonds. The molecule has 154 valence electrons. The van der Waals surface area contributed by atoms with E-state index in [-0.39, 0.29) is 16.9 Å². The zero-order valence-electron chi connectivity index (χ0n) is 16.9. The van der Waals surface area contributed by atoms with E-state index in [1.807, 2.05) is 6.07 Å². The van der Waals surface area contributed by atoms with E-state index in [9.17, 15) is 15.0 Å². The van der Waals surface area contributed by atoms with Crippen molar-refractivity contribution >= 4 is 6.09 Å². The number of aromatic hydroxyl groups is 1. The molecule has 5 fully saturated rings. The monoisotopic (exact) mass is 394 g/mol. The first-order chi connectivity index (χ1) is 14.0. The summed E-state index contributed by atoms with van der Waals surface area (Å²) in [5.41, 5.74) is 3.13. The van der Waals surface area contributed by atoms with Crippen molar-refractivity contribution in [1.29, 1.82) is 0 Å². The molecule has 29 heavy (non-hydrogen) atoms. The minimum absolute atomic E-state index is 0.0574. The van der Waals surface area contributed by atoms with E-state index in [0.29, 0.717) is 23.6 Å². The number of nitrogens with zero attached hydrogens (tertiary/aromatic N) is 2. The highest BCUT2D eigenvalue weighted by Crippen LogP contribution is 2.75. The van der Waals surface area contributed by atoms with Gasteiger partial charge in [-0.15, -0.1) is 0 Å². The molecule has 4 bridgehead atoms. The highest BCUT2D eigenvalue weighted by molar-refractivity contribution is 5.67. The number of phenolic OH excluding ortho intramolecular Hbond substituents is 1. The molecule has 6 atom stereocenters. The molecule has 2 heterocycles. The van der Waals surface area contributed by atoms with Crippen LogP contribution in [0.2, 0.25) is 0 Å². The first kappa shape index (κ1) is 17.0. The van der Waals surface area contributed by atoms with Crippen LogP contribution in [-0.2, 0) is 11.8 Å². The summed E-state index contributed by atoms with van der Waals surface area (Å²) in [6, 6.07) is 6.84. The van der Waals surface area contributed by atoms with Gasteiger partial charge in [0, 0.05) is 30.6 Å². The molecule has 4 aliphatic carbocycles. The van der Waals surface area contributed by atoms with E-state index in [1.165, 1.54) is 36.9 Å². The maximum absolute atomic E-state index is 12.0. The normalized spacial score (nSPS) is 44.5. The Morgan fingerprint density at radius 2 is 2.07 bits per heavy atom. The van der Waals surface area contributed by atoms with Crippen molar-refractivity contribution in [3.8, 4) is 5.75 Å². The van der Waals surface area contributed by atoms with Gasteiger partial charge in [-0.05, 0) is 97.9 Å². The Bertz CT molecular complexity index is 913. The number of likely N-dealkylation sites (tertiary alicyclic amines) is 2. The summed E-state index contributed by atoms with van der Waals surface area (Å²) in [6.45, 7) is 3.12. The van der Waals surface area contributed by atoms with Crippen LogP contribution in [0.25, 0.3) is 0 Å². The third-order valence-electron chi connectivity index (χ3n) is 10.0. The summed E-state index contributed by atoms with van der Waals surface area (Å²) in [4.78, 5) is 16.6. The van der Waals surface area contributed by atoms with Gasteiger partial charge < -0.3 is 15.1 Å². The van der Waals surface area contributed by atoms with Gasteiger partial charge in [0.2, 0.25) is 0 Å². The number of carbonyl (C=O) groups is 1. The van der Waals surface area contributed by atoms with Gasteiger partial charge in [-0.25, -0.2) is 4.79 Å². The lowest BCUT2D eigenvalue weighted by Gasteiger charge is -2.66. The molecule has 3 saturated carbocycles. The number of hydrogen-bond acceptors (Lipinski definition) is 3. The first-order valence-electron chi connectivity index (χ1n) is 11.6. The number of amides is 1. The minimum Gasteiger partial charge on any atom is -0.508 e. The molecule has 2 N–H and O–H groups in total. The summed E-state index contributed by atoms with van der Waals surface area (Å²) in [6.07, 6.45) is 7.65. The van der Waals surface area contributed by atoms with E-state index in [0.717, 1.165) is 44.7 Å². The molecular weight excluding hydrogens is 364 g/mol. The maximum atomic E-state index is 12.0. The molecule has 0 spiro atoms. The number of fused-ring (bicyclic) bond motifs is 1. The summed E-state index contributed by atoms with van der Waals surface area (Å²) in [7, 11) is 0. The number of benzene rings is 1. The van der Waals surface area contributed by atoms with Gasteiger partial charge in [0.1, 0.15) is 5.75 Å². The predicted molar refractivity (Wildman–Crippen MR) is 108 cm³/mol. The van der Waals surface area contributed by atoms with Crippen LogP contribution in [0.1, 0.15) is 49.7 Å². The summed E-state index contributed by atoms with van der Waals surface area (Å²) >= 11 is 0. The molecule has 7 rings (SSSR count). The Morgan fingerprint density at radius 3 is 2.86 bits per heavy atom. The average molecular weight is 395 g/mol. The van der Waals surface area contributed by atoms with Crippen molar-refractivity contribution in [2.24, 2.45) is 23.2 Å². The van der Waals surface area contributed by atoms with Gasteiger partial charge >= 0.3 is 6.09 Å². The Morgan fingerprint density at radius 1 is 1.21 bits per heavy atom. The van der Waals surface area contributed by atoms with E-state index < -0.39 is 6.09 Å². The number of piperidine rings is 1. The van der Waals surface area contributed by atoms with Crippen LogP contribution in [0.15, 0.2) is 18.2 Å².